The van der Waals surface area contributed by atoms with Gasteiger partial charge in [0.2, 0.25) is 0 Å². The maximum absolute atomic E-state index is 9.00. The quantitative estimate of drug-likeness (QED) is 0.518. The monoisotopic (exact) mass is 312 g/mol. The molecule has 2 N–H and O–H groups in total. The second kappa shape index (κ2) is 10.00. The van der Waals surface area contributed by atoms with Crippen molar-refractivity contribution >= 4 is 17.1 Å². The summed E-state index contributed by atoms with van der Waals surface area (Å²) in [7, 11) is 1.73. The van der Waals surface area contributed by atoms with Crippen molar-refractivity contribution < 1.29 is 27.9 Å². The molecule has 0 fully saturated rings. The Bertz CT molecular complexity index is 199. The molecule has 0 saturated heterocycles. The van der Waals surface area contributed by atoms with Crippen LogP contribution in [0, 0.1) is 0 Å². The lowest BCUT2D eigenvalue weighted by molar-refractivity contribution is 0.209. The highest BCUT2D eigenvalue weighted by Gasteiger charge is 2.48. The molecule has 8 heteroatoms. The van der Waals surface area contributed by atoms with Crippen molar-refractivity contribution in [3.63, 3.8) is 0 Å². The molecule has 6 nitrogen and oxygen atoms in total. The number of aliphatic hydroxyl groups excluding tert-OH is 2. The predicted octanol–water partition coefficient (Wildman–Crippen LogP) is 0.760. The fourth-order valence-electron chi connectivity index (χ4n) is 2.15. The van der Waals surface area contributed by atoms with E-state index in [-0.39, 0.29) is 13.2 Å². The van der Waals surface area contributed by atoms with Crippen molar-refractivity contribution in [2.24, 2.45) is 0 Å². The summed E-state index contributed by atoms with van der Waals surface area (Å²) in [6, 6.07) is 1.41. The molecule has 0 aliphatic carbocycles. The van der Waals surface area contributed by atoms with Gasteiger partial charge in [0.1, 0.15) is 0 Å². The van der Waals surface area contributed by atoms with Crippen LogP contribution in [0.25, 0.3) is 0 Å². The summed E-state index contributed by atoms with van der Waals surface area (Å²) in [6.07, 6.45) is 1.29. The Morgan fingerprint density at radius 1 is 0.684 bits per heavy atom. The van der Waals surface area contributed by atoms with Gasteiger partial charge in [-0.05, 0) is 24.9 Å². The lowest BCUT2D eigenvalue weighted by Crippen LogP contribution is -2.53. The van der Waals surface area contributed by atoms with Gasteiger partial charge in [-0.1, -0.05) is 0 Å². The third-order valence-corrected chi connectivity index (χ3v) is 13.0. The van der Waals surface area contributed by atoms with Crippen LogP contribution >= 0.6 is 0 Å². The molecule has 0 aromatic carbocycles. The summed E-state index contributed by atoms with van der Waals surface area (Å²) in [5, 5.41) is 18.0. The highest BCUT2D eigenvalue weighted by molar-refractivity contribution is 6.86. The minimum absolute atomic E-state index is 0.118. The van der Waals surface area contributed by atoms with E-state index in [2.05, 4.69) is 0 Å². The van der Waals surface area contributed by atoms with E-state index in [4.69, 9.17) is 27.9 Å². The van der Waals surface area contributed by atoms with Crippen molar-refractivity contribution in [3.05, 3.63) is 0 Å². The Balaban J connectivity index is 4.90. The van der Waals surface area contributed by atoms with Crippen LogP contribution in [0.3, 0.4) is 0 Å². The molecule has 0 radical (unpaired) electrons. The third kappa shape index (κ3) is 6.00. The number of aliphatic hydroxyl groups is 2. The van der Waals surface area contributed by atoms with Crippen molar-refractivity contribution in [1.82, 2.24) is 0 Å². The molecule has 116 valence electrons. The van der Waals surface area contributed by atoms with Crippen LogP contribution in [-0.4, -0.2) is 69.0 Å². The number of hydrogen-bond donors (Lipinski definition) is 2. The van der Waals surface area contributed by atoms with Crippen LogP contribution in [0.4, 0.5) is 0 Å². The largest absolute Gasteiger partial charge is 0.398 e. The minimum atomic E-state index is -2.42. The summed E-state index contributed by atoms with van der Waals surface area (Å²) < 4.78 is 22.6. The van der Waals surface area contributed by atoms with E-state index in [0.717, 1.165) is 0 Å². The molecule has 0 saturated carbocycles. The second-order valence-electron chi connectivity index (χ2n) is 4.47. The zero-order valence-corrected chi connectivity index (χ0v) is 14.5. The average molecular weight is 313 g/mol. The lowest BCUT2D eigenvalue weighted by Gasteiger charge is -2.35. The Morgan fingerprint density at radius 3 is 1.21 bits per heavy atom. The fraction of sp³-hybridized carbons (Fsp3) is 1.00. The molecule has 0 amide bonds. The van der Waals surface area contributed by atoms with Crippen LogP contribution in [0.2, 0.25) is 17.8 Å². The van der Waals surface area contributed by atoms with E-state index in [1.165, 1.54) is 0 Å². The van der Waals surface area contributed by atoms with Gasteiger partial charge in [-0.25, -0.2) is 0 Å². The first-order valence-corrected chi connectivity index (χ1v) is 11.0. The SMILES string of the molecule is CO[Si](CCCO)(C[Si](CCCO)(OC)OC)OC. The Hall–Kier alpha value is 0.194. The van der Waals surface area contributed by atoms with Gasteiger partial charge in [-0.15, -0.1) is 0 Å². The van der Waals surface area contributed by atoms with E-state index < -0.39 is 17.1 Å². The molecule has 0 heterocycles. The van der Waals surface area contributed by atoms with Crippen LogP contribution in [0.1, 0.15) is 12.8 Å². The molecule has 0 aliphatic heterocycles. The van der Waals surface area contributed by atoms with Crippen molar-refractivity contribution in [1.29, 1.82) is 0 Å². The molecule has 0 spiro atoms. The normalized spacial score (nSPS) is 12.9. The van der Waals surface area contributed by atoms with Gasteiger partial charge in [0.05, 0.1) is 0 Å². The van der Waals surface area contributed by atoms with Gasteiger partial charge in [0.25, 0.3) is 0 Å². The first-order chi connectivity index (χ1) is 9.07. The van der Waals surface area contributed by atoms with Gasteiger partial charge < -0.3 is 27.9 Å². The molecule has 0 aromatic rings. The van der Waals surface area contributed by atoms with Gasteiger partial charge >= 0.3 is 17.1 Å². The van der Waals surface area contributed by atoms with Gasteiger partial charge in [0, 0.05) is 47.3 Å². The summed E-state index contributed by atoms with van der Waals surface area (Å²) in [4.78, 5) is 0. The summed E-state index contributed by atoms with van der Waals surface area (Å²) in [6.45, 7) is 0.235. The molecular weight excluding hydrogens is 284 g/mol. The van der Waals surface area contributed by atoms with Crippen LogP contribution in [0.15, 0.2) is 0 Å². The number of rotatable bonds is 12. The fourth-order valence-corrected chi connectivity index (χ4v) is 11.7. The van der Waals surface area contributed by atoms with E-state index in [1.54, 1.807) is 28.4 Å². The van der Waals surface area contributed by atoms with Crippen molar-refractivity contribution in [2.75, 3.05) is 41.7 Å². The average Bonchev–Trinajstić information content (AvgIpc) is 2.48. The Kier molecular flexibility index (Phi) is 10.1. The third-order valence-electron chi connectivity index (χ3n) is 3.46. The van der Waals surface area contributed by atoms with Crippen LogP contribution in [0.5, 0.6) is 0 Å². The molecule has 19 heavy (non-hydrogen) atoms. The molecule has 0 aromatic heterocycles. The predicted molar refractivity (Wildman–Crippen MR) is 77.4 cm³/mol. The van der Waals surface area contributed by atoms with Gasteiger partial charge in [-0.3, -0.25) is 0 Å². The van der Waals surface area contributed by atoms with E-state index >= 15 is 0 Å². The molecule has 0 unspecified atom stereocenters. The van der Waals surface area contributed by atoms with Gasteiger partial charge in [-0.2, -0.15) is 0 Å². The van der Waals surface area contributed by atoms with E-state index in [0.29, 0.717) is 30.6 Å². The van der Waals surface area contributed by atoms with Crippen molar-refractivity contribution in [3.8, 4) is 0 Å². The van der Waals surface area contributed by atoms with E-state index in [1.807, 2.05) is 0 Å². The second-order valence-corrected chi connectivity index (χ2v) is 12.2. The Morgan fingerprint density at radius 2 is 1.00 bits per heavy atom. The summed E-state index contributed by atoms with van der Waals surface area (Å²) in [5.74, 6) is 0. The maximum Gasteiger partial charge on any atom is 0.339 e. The topological polar surface area (TPSA) is 77.4 Å². The molecule has 0 bridgehead atoms. The molecular formula is C11H28O6Si2. The summed E-state index contributed by atoms with van der Waals surface area (Å²) in [5.41, 5.74) is 0.639. The minimum Gasteiger partial charge on any atom is -0.398 e. The van der Waals surface area contributed by atoms with E-state index in [9.17, 15) is 0 Å². The smallest absolute Gasteiger partial charge is 0.339 e. The van der Waals surface area contributed by atoms with Crippen LogP contribution in [-0.2, 0) is 17.7 Å². The summed E-state index contributed by atoms with van der Waals surface area (Å²) >= 11 is 0. The molecule has 0 aliphatic rings. The van der Waals surface area contributed by atoms with Crippen LogP contribution < -0.4 is 0 Å². The number of hydrogen-bond acceptors (Lipinski definition) is 6. The maximum atomic E-state index is 9.00. The van der Waals surface area contributed by atoms with Gasteiger partial charge in [0.15, 0.2) is 0 Å². The van der Waals surface area contributed by atoms with Crippen molar-refractivity contribution in [2.45, 2.75) is 30.6 Å². The Labute approximate surface area is 118 Å². The molecule has 0 atom stereocenters. The first kappa shape index (κ1) is 19.2. The highest BCUT2D eigenvalue weighted by Crippen LogP contribution is 2.30. The zero-order chi connectivity index (χ0) is 14.8. The highest BCUT2D eigenvalue weighted by atomic mass is 28.4. The lowest BCUT2D eigenvalue weighted by atomic mass is 10.5. The zero-order valence-electron chi connectivity index (χ0n) is 12.5. The first-order valence-electron chi connectivity index (χ1n) is 6.50. The standard InChI is InChI=1S/C11H28O6Si2/c1-14-18(15-2,9-5-7-12)11-19(16-3,17-4)10-6-8-13/h12-13H,5-11H2,1-4H3. The molecule has 0 rings (SSSR count).